The number of carboxylic acid groups (broad SMARTS) is 1. The highest BCUT2D eigenvalue weighted by Gasteiger charge is 2.15. The van der Waals surface area contributed by atoms with Crippen molar-refractivity contribution in [2.24, 2.45) is 26.2 Å². The van der Waals surface area contributed by atoms with Gasteiger partial charge in [-0.1, -0.05) is 6.07 Å². The van der Waals surface area contributed by atoms with Crippen LogP contribution in [0.5, 0.6) is 0 Å². The van der Waals surface area contributed by atoms with Crippen molar-refractivity contribution in [3.8, 4) is 0 Å². The highest BCUT2D eigenvalue weighted by molar-refractivity contribution is 5.97. The maximum absolute atomic E-state index is 10.8. The lowest BCUT2D eigenvalue weighted by molar-refractivity contribution is 0.0697. The van der Waals surface area contributed by atoms with Gasteiger partial charge in [-0.05, 0) is 18.2 Å². The predicted octanol–water partition coefficient (Wildman–Crippen LogP) is 2.04. The Hall–Kier alpha value is -2.90. The molecule has 90 valence electrons. The normalized spacial score (nSPS) is 14.8. The molecule has 0 aromatic heterocycles. The first-order valence-corrected chi connectivity index (χ1v) is 4.83. The molecule has 8 heteroatoms. The Morgan fingerprint density at radius 3 is 2.72 bits per heavy atom. The highest BCUT2D eigenvalue weighted by atomic mass is 16.4. The number of nitrogens with zero attached hydrogens (tertiary/aromatic N) is 4. The summed E-state index contributed by atoms with van der Waals surface area (Å²) in [5.41, 5.74) is 5.95. The average Bonchev–Trinajstić information content (AvgIpc) is 2.67. The minimum atomic E-state index is -1.05. The second kappa shape index (κ2) is 4.53. The van der Waals surface area contributed by atoms with E-state index in [0.29, 0.717) is 5.69 Å². The third-order valence-corrected chi connectivity index (χ3v) is 2.08. The van der Waals surface area contributed by atoms with Crippen molar-refractivity contribution in [2.75, 3.05) is 0 Å². The van der Waals surface area contributed by atoms with Gasteiger partial charge in [-0.2, -0.15) is 5.11 Å². The largest absolute Gasteiger partial charge is 0.478 e. The fourth-order valence-electron chi connectivity index (χ4n) is 1.23. The van der Waals surface area contributed by atoms with E-state index in [0.717, 1.165) is 0 Å². The first-order valence-electron chi connectivity index (χ1n) is 4.83. The van der Waals surface area contributed by atoms with Crippen molar-refractivity contribution >= 4 is 17.5 Å². The molecule has 0 radical (unpaired) electrons. The molecular weight excluding hydrogens is 236 g/mol. The van der Waals surface area contributed by atoms with Gasteiger partial charge in [-0.15, -0.1) is 15.3 Å². The molecule has 0 atom stereocenters. The Balaban J connectivity index is 2.25. The van der Waals surface area contributed by atoms with Crippen LogP contribution in [0, 0.1) is 5.41 Å². The van der Waals surface area contributed by atoms with Crippen molar-refractivity contribution in [2.45, 2.75) is 0 Å². The van der Waals surface area contributed by atoms with Gasteiger partial charge in [0.25, 0.3) is 0 Å². The topological polar surface area (TPSA) is 137 Å². The molecule has 0 unspecified atom stereocenters. The van der Waals surface area contributed by atoms with Crippen LogP contribution < -0.4 is 5.73 Å². The van der Waals surface area contributed by atoms with Crippen molar-refractivity contribution in [1.82, 2.24) is 0 Å². The third-order valence-electron chi connectivity index (χ3n) is 2.08. The van der Waals surface area contributed by atoms with E-state index in [4.69, 9.17) is 16.2 Å². The van der Waals surface area contributed by atoms with Gasteiger partial charge in [0.2, 0.25) is 0 Å². The molecule has 0 saturated carbocycles. The summed E-state index contributed by atoms with van der Waals surface area (Å²) < 4.78 is 0. The molecular formula is C10H8N6O2. The van der Waals surface area contributed by atoms with E-state index in [1.807, 2.05) is 0 Å². The number of carbonyl (C=O) groups is 1. The zero-order valence-electron chi connectivity index (χ0n) is 9.03. The molecule has 0 aliphatic carbocycles. The van der Waals surface area contributed by atoms with Gasteiger partial charge in [-0.25, -0.2) is 4.79 Å². The minimum Gasteiger partial charge on any atom is -0.478 e. The number of rotatable bonds is 3. The van der Waals surface area contributed by atoms with Gasteiger partial charge >= 0.3 is 5.97 Å². The van der Waals surface area contributed by atoms with E-state index in [2.05, 4.69) is 20.5 Å². The van der Waals surface area contributed by atoms with Crippen molar-refractivity contribution in [3.63, 3.8) is 0 Å². The van der Waals surface area contributed by atoms with E-state index < -0.39 is 5.97 Å². The minimum absolute atomic E-state index is 0.0122. The fraction of sp³-hybridized carbons (Fsp3) is 0. The van der Waals surface area contributed by atoms with Gasteiger partial charge < -0.3 is 10.8 Å². The SMILES string of the molecule is N=C1N=NC(N)=C1/N=N/c1cccc(C(=O)O)c1. The van der Waals surface area contributed by atoms with Crippen LogP contribution in [0.1, 0.15) is 10.4 Å². The zero-order valence-corrected chi connectivity index (χ0v) is 9.03. The third kappa shape index (κ3) is 2.26. The van der Waals surface area contributed by atoms with Crippen LogP contribution in [0.15, 0.2) is 56.2 Å². The molecule has 0 fully saturated rings. The van der Waals surface area contributed by atoms with Crippen molar-refractivity contribution in [1.29, 1.82) is 5.41 Å². The molecule has 8 nitrogen and oxygen atoms in total. The first-order chi connectivity index (χ1) is 8.58. The van der Waals surface area contributed by atoms with Crippen LogP contribution in [0.4, 0.5) is 5.69 Å². The fourth-order valence-corrected chi connectivity index (χ4v) is 1.23. The summed E-state index contributed by atoms with van der Waals surface area (Å²) in [6.07, 6.45) is 0. The molecule has 0 bridgehead atoms. The van der Waals surface area contributed by atoms with Crippen LogP contribution in [0.25, 0.3) is 0 Å². The average molecular weight is 244 g/mol. The Morgan fingerprint density at radius 2 is 2.11 bits per heavy atom. The molecule has 1 heterocycles. The number of nitrogens with one attached hydrogen (secondary N) is 1. The van der Waals surface area contributed by atoms with Gasteiger partial charge in [0.05, 0.1) is 11.3 Å². The molecule has 18 heavy (non-hydrogen) atoms. The van der Waals surface area contributed by atoms with E-state index in [1.165, 1.54) is 12.1 Å². The van der Waals surface area contributed by atoms with Crippen molar-refractivity contribution in [3.05, 3.63) is 41.3 Å². The number of hydrogen-bond acceptors (Lipinski definition) is 6. The molecule has 1 aliphatic rings. The second-order valence-electron chi connectivity index (χ2n) is 3.34. The number of aromatic carboxylic acids is 1. The van der Waals surface area contributed by atoms with E-state index >= 15 is 0 Å². The smallest absolute Gasteiger partial charge is 0.335 e. The first kappa shape index (κ1) is 11.6. The standard InChI is InChI=1S/C10H8N6O2/c11-8-7(9(12)16-15-8)14-13-6-3-1-2-5(4-6)10(17)18/h1-4,11H,12H2,(H,17,18)/b11-8?,14-13+. The number of benzene rings is 1. The summed E-state index contributed by atoms with van der Waals surface area (Å²) in [5, 5.41) is 30.6. The van der Waals surface area contributed by atoms with E-state index in [1.54, 1.807) is 12.1 Å². The summed E-state index contributed by atoms with van der Waals surface area (Å²) in [6.45, 7) is 0. The molecule has 0 amide bonds. The summed E-state index contributed by atoms with van der Waals surface area (Å²) in [5.74, 6) is -1.21. The number of nitrogens with two attached hydrogens (primary N) is 1. The van der Waals surface area contributed by atoms with E-state index in [-0.39, 0.29) is 22.9 Å². The maximum Gasteiger partial charge on any atom is 0.335 e. The zero-order chi connectivity index (χ0) is 13.1. The monoisotopic (exact) mass is 244 g/mol. The Bertz CT molecular complexity index is 617. The summed E-state index contributed by atoms with van der Waals surface area (Å²) >= 11 is 0. The lowest BCUT2D eigenvalue weighted by atomic mass is 10.2. The Labute approximate surface area is 101 Å². The van der Waals surface area contributed by atoms with E-state index in [9.17, 15) is 4.79 Å². The van der Waals surface area contributed by atoms with Gasteiger partial charge in [0.1, 0.15) is 0 Å². The molecule has 0 saturated heterocycles. The predicted molar refractivity (Wildman–Crippen MR) is 61.7 cm³/mol. The number of amidine groups is 1. The Kier molecular flexibility index (Phi) is 2.92. The molecule has 2 rings (SSSR count). The summed E-state index contributed by atoms with van der Waals surface area (Å²) in [6, 6.07) is 5.93. The second-order valence-corrected chi connectivity index (χ2v) is 3.34. The van der Waals surface area contributed by atoms with Crippen molar-refractivity contribution < 1.29 is 9.90 Å². The van der Waals surface area contributed by atoms with Crippen LogP contribution >= 0.6 is 0 Å². The number of carboxylic acids is 1. The van der Waals surface area contributed by atoms with Crippen LogP contribution in [0.2, 0.25) is 0 Å². The van der Waals surface area contributed by atoms with Crippen LogP contribution in [-0.2, 0) is 0 Å². The lowest BCUT2D eigenvalue weighted by Crippen LogP contribution is -1.98. The number of azo groups is 2. The van der Waals surface area contributed by atoms with Crippen LogP contribution in [0.3, 0.4) is 0 Å². The highest BCUT2D eigenvalue weighted by Crippen LogP contribution is 2.19. The molecule has 1 aromatic rings. The Morgan fingerprint density at radius 1 is 1.33 bits per heavy atom. The van der Waals surface area contributed by atoms with Crippen LogP contribution in [-0.4, -0.2) is 16.9 Å². The lowest BCUT2D eigenvalue weighted by Gasteiger charge is -1.96. The molecule has 4 N–H and O–H groups in total. The molecule has 1 aliphatic heterocycles. The number of hydrogen-bond donors (Lipinski definition) is 3. The molecule has 1 aromatic carbocycles. The van der Waals surface area contributed by atoms with Gasteiger partial charge in [0, 0.05) is 0 Å². The van der Waals surface area contributed by atoms with Gasteiger partial charge in [0.15, 0.2) is 17.4 Å². The summed E-state index contributed by atoms with van der Waals surface area (Å²) in [7, 11) is 0. The quantitative estimate of drug-likeness (QED) is 0.701. The summed E-state index contributed by atoms with van der Waals surface area (Å²) in [4.78, 5) is 10.8. The molecule has 0 spiro atoms. The maximum atomic E-state index is 10.8. The van der Waals surface area contributed by atoms with Gasteiger partial charge in [-0.3, -0.25) is 5.41 Å².